The first-order valence-electron chi connectivity index (χ1n) is 8.08. The van der Waals surface area contributed by atoms with Crippen LogP contribution in [0.2, 0.25) is 0 Å². The van der Waals surface area contributed by atoms with E-state index in [9.17, 15) is 0 Å². The minimum absolute atomic E-state index is 0.576. The number of pyridine rings is 1. The number of anilines is 1. The molecule has 0 saturated carbocycles. The van der Waals surface area contributed by atoms with Crippen LogP contribution >= 0.6 is 0 Å². The molecule has 4 heterocycles. The van der Waals surface area contributed by atoms with Gasteiger partial charge in [-0.15, -0.1) is 5.10 Å². The molecule has 0 radical (unpaired) electrons. The summed E-state index contributed by atoms with van der Waals surface area (Å²) in [5.41, 5.74) is 2.15. The zero-order valence-corrected chi connectivity index (χ0v) is 12.8. The van der Waals surface area contributed by atoms with Crippen molar-refractivity contribution in [3.63, 3.8) is 0 Å². The van der Waals surface area contributed by atoms with Gasteiger partial charge in [-0.3, -0.25) is 0 Å². The van der Waals surface area contributed by atoms with Crippen LogP contribution in [0.5, 0.6) is 0 Å². The van der Waals surface area contributed by atoms with Crippen molar-refractivity contribution in [3.05, 3.63) is 23.9 Å². The molecule has 0 aliphatic carbocycles. The van der Waals surface area contributed by atoms with E-state index >= 15 is 0 Å². The first kappa shape index (κ1) is 13.1. The van der Waals surface area contributed by atoms with Crippen LogP contribution in [-0.4, -0.2) is 39.3 Å². The van der Waals surface area contributed by atoms with Crippen LogP contribution < -0.4 is 10.2 Å². The minimum Gasteiger partial charge on any atom is -0.337 e. The normalized spacial score (nSPS) is 28.2. The van der Waals surface area contributed by atoms with Gasteiger partial charge in [0.25, 0.3) is 0 Å². The second-order valence-corrected chi connectivity index (χ2v) is 6.47. The molecular weight excluding hydrogens is 262 g/mol. The Labute approximate surface area is 125 Å². The van der Waals surface area contributed by atoms with E-state index in [2.05, 4.69) is 30.1 Å². The van der Waals surface area contributed by atoms with Crippen molar-refractivity contribution in [1.82, 2.24) is 19.9 Å². The summed E-state index contributed by atoms with van der Waals surface area (Å²) in [6.45, 7) is 5.27. The first-order chi connectivity index (χ1) is 10.2. The molecule has 2 aromatic heterocycles. The standard InChI is InChI=1S/C16H23N5/c1-3-20(14-8-12-5-6-13(9-14)17-12)16-18-15-7-4-11(2)10-21(15)19-16/h4,7,10,12-14,17H,3,5-6,8-9H2,1-2H3. The van der Waals surface area contributed by atoms with E-state index in [1.807, 2.05) is 16.8 Å². The fraction of sp³-hybridized carbons (Fsp3) is 0.625. The lowest BCUT2D eigenvalue weighted by Gasteiger charge is -2.36. The smallest absolute Gasteiger partial charge is 0.245 e. The molecule has 1 N–H and O–H groups in total. The van der Waals surface area contributed by atoms with E-state index in [1.165, 1.54) is 31.2 Å². The van der Waals surface area contributed by atoms with E-state index in [0.29, 0.717) is 18.1 Å². The van der Waals surface area contributed by atoms with Gasteiger partial charge in [-0.2, -0.15) is 4.98 Å². The third kappa shape index (κ3) is 2.29. The molecule has 2 aliphatic heterocycles. The zero-order chi connectivity index (χ0) is 14.4. The lowest BCUT2D eigenvalue weighted by Crippen LogP contribution is -2.48. The van der Waals surface area contributed by atoms with E-state index in [-0.39, 0.29) is 0 Å². The van der Waals surface area contributed by atoms with Crippen LogP contribution in [0.3, 0.4) is 0 Å². The maximum absolute atomic E-state index is 4.73. The van der Waals surface area contributed by atoms with Gasteiger partial charge in [0.1, 0.15) is 0 Å². The molecule has 2 saturated heterocycles. The molecule has 112 valence electrons. The molecule has 2 atom stereocenters. The molecule has 2 aliphatic rings. The second-order valence-electron chi connectivity index (χ2n) is 6.47. The summed E-state index contributed by atoms with van der Waals surface area (Å²) in [5.74, 6) is 0.884. The quantitative estimate of drug-likeness (QED) is 0.938. The number of rotatable bonds is 3. The maximum Gasteiger partial charge on any atom is 0.245 e. The van der Waals surface area contributed by atoms with Gasteiger partial charge < -0.3 is 10.2 Å². The highest BCUT2D eigenvalue weighted by Gasteiger charge is 2.36. The number of nitrogens with one attached hydrogen (secondary N) is 1. The monoisotopic (exact) mass is 285 g/mol. The first-order valence-corrected chi connectivity index (χ1v) is 8.08. The van der Waals surface area contributed by atoms with Crippen molar-refractivity contribution in [2.75, 3.05) is 11.4 Å². The molecule has 2 aromatic rings. The van der Waals surface area contributed by atoms with Gasteiger partial charge in [-0.1, -0.05) is 6.07 Å². The number of hydrogen-bond donors (Lipinski definition) is 1. The highest BCUT2D eigenvalue weighted by atomic mass is 15.4. The molecular formula is C16H23N5. The second kappa shape index (κ2) is 4.98. The Kier molecular flexibility index (Phi) is 3.10. The van der Waals surface area contributed by atoms with Crippen molar-refractivity contribution in [2.24, 2.45) is 0 Å². The van der Waals surface area contributed by atoms with Gasteiger partial charge in [0, 0.05) is 30.9 Å². The number of aromatic nitrogens is 3. The average molecular weight is 285 g/mol. The number of fused-ring (bicyclic) bond motifs is 3. The maximum atomic E-state index is 4.73. The van der Waals surface area contributed by atoms with E-state index < -0.39 is 0 Å². The van der Waals surface area contributed by atoms with Gasteiger partial charge in [-0.25, -0.2) is 4.52 Å². The number of aryl methyl sites for hydroxylation is 1. The Balaban J connectivity index is 1.64. The van der Waals surface area contributed by atoms with Gasteiger partial charge >= 0.3 is 0 Å². The van der Waals surface area contributed by atoms with Gasteiger partial charge in [0.15, 0.2) is 5.65 Å². The lowest BCUT2D eigenvalue weighted by atomic mass is 9.98. The molecule has 5 heteroatoms. The Hall–Kier alpha value is -1.62. The average Bonchev–Trinajstić information content (AvgIpc) is 3.02. The summed E-state index contributed by atoms with van der Waals surface area (Å²) in [4.78, 5) is 7.13. The molecule has 0 amide bonds. The van der Waals surface area contributed by atoms with Crippen molar-refractivity contribution in [3.8, 4) is 0 Å². The summed E-state index contributed by atoms with van der Waals surface area (Å²) in [6, 6.07) is 6.11. The number of nitrogens with zero attached hydrogens (tertiary/aromatic N) is 4. The van der Waals surface area contributed by atoms with Crippen LogP contribution in [-0.2, 0) is 0 Å². The zero-order valence-electron chi connectivity index (χ0n) is 12.8. The Morgan fingerprint density at radius 2 is 2.05 bits per heavy atom. The summed E-state index contributed by atoms with van der Waals surface area (Å²) >= 11 is 0. The topological polar surface area (TPSA) is 45.5 Å². The molecule has 2 bridgehead atoms. The highest BCUT2D eigenvalue weighted by molar-refractivity contribution is 5.46. The van der Waals surface area contributed by atoms with Crippen molar-refractivity contribution in [1.29, 1.82) is 0 Å². The molecule has 4 rings (SSSR count). The van der Waals surface area contributed by atoms with Crippen molar-refractivity contribution < 1.29 is 0 Å². The van der Waals surface area contributed by atoms with Crippen LogP contribution in [0.25, 0.3) is 5.65 Å². The minimum atomic E-state index is 0.576. The van der Waals surface area contributed by atoms with Gasteiger partial charge in [-0.05, 0) is 51.2 Å². The fourth-order valence-electron chi connectivity index (χ4n) is 3.94. The highest BCUT2D eigenvalue weighted by Crippen LogP contribution is 2.31. The third-order valence-electron chi connectivity index (χ3n) is 4.95. The largest absolute Gasteiger partial charge is 0.337 e. The van der Waals surface area contributed by atoms with Crippen LogP contribution in [0.1, 0.15) is 38.2 Å². The van der Waals surface area contributed by atoms with Crippen LogP contribution in [0.4, 0.5) is 5.95 Å². The summed E-state index contributed by atoms with van der Waals surface area (Å²) < 4.78 is 1.91. The van der Waals surface area contributed by atoms with Crippen LogP contribution in [0, 0.1) is 6.92 Å². The van der Waals surface area contributed by atoms with E-state index in [1.54, 1.807) is 0 Å². The SMILES string of the molecule is CCN(c1nc2ccc(C)cn2n1)C1CC2CCC(C1)N2. The molecule has 2 fully saturated rings. The van der Waals surface area contributed by atoms with Crippen LogP contribution in [0.15, 0.2) is 18.3 Å². The summed E-state index contributed by atoms with van der Waals surface area (Å²) in [6.07, 6.45) is 7.15. The Morgan fingerprint density at radius 3 is 2.76 bits per heavy atom. The van der Waals surface area contributed by atoms with Gasteiger partial charge in [0.05, 0.1) is 0 Å². The predicted octanol–water partition coefficient (Wildman–Crippen LogP) is 2.15. The number of hydrogen-bond acceptors (Lipinski definition) is 4. The number of piperidine rings is 1. The molecule has 2 unspecified atom stereocenters. The summed E-state index contributed by atoms with van der Waals surface area (Å²) in [5, 5.41) is 8.41. The summed E-state index contributed by atoms with van der Waals surface area (Å²) in [7, 11) is 0. The Morgan fingerprint density at radius 1 is 1.29 bits per heavy atom. The van der Waals surface area contributed by atoms with E-state index in [0.717, 1.165) is 18.1 Å². The fourth-order valence-corrected chi connectivity index (χ4v) is 3.94. The molecule has 5 nitrogen and oxygen atoms in total. The Bertz CT molecular complexity index is 637. The predicted molar refractivity (Wildman–Crippen MR) is 83.7 cm³/mol. The molecule has 21 heavy (non-hydrogen) atoms. The van der Waals surface area contributed by atoms with Gasteiger partial charge in [0.2, 0.25) is 5.95 Å². The molecule has 0 aromatic carbocycles. The lowest BCUT2D eigenvalue weighted by molar-refractivity contribution is 0.347. The third-order valence-corrected chi connectivity index (χ3v) is 4.95. The molecule has 0 spiro atoms. The van der Waals surface area contributed by atoms with Crippen molar-refractivity contribution >= 4 is 11.6 Å². The van der Waals surface area contributed by atoms with E-state index in [4.69, 9.17) is 10.1 Å². The van der Waals surface area contributed by atoms with Crippen molar-refractivity contribution in [2.45, 2.75) is 57.7 Å².